The summed E-state index contributed by atoms with van der Waals surface area (Å²) >= 11 is 0. The first kappa shape index (κ1) is 15.0. The summed E-state index contributed by atoms with van der Waals surface area (Å²) in [6.45, 7) is 8.15. The van der Waals surface area contributed by atoms with Gasteiger partial charge in [0.2, 0.25) is 0 Å². The molecule has 3 aliphatic rings. The smallest absolute Gasteiger partial charge is 0.178 e. The normalized spacial score (nSPS) is 53.0. The number of aliphatic hydroxyl groups excluding tert-OH is 1. The molecule has 0 aromatic carbocycles. The molecule has 2 fully saturated rings. The summed E-state index contributed by atoms with van der Waals surface area (Å²) in [6, 6.07) is 0. The first-order valence-electron chi connectivity index (χ1n) is 8.04. The molecule has 3 heteroatoms. The second-order valence-corrected chi connectivity index (χ2v) is 7.64. The lowest BCUT2D eigenvalue weighted by molar-refractivity contribution is -0.176. The Bertz CT molecular complexity index is 537. The Balaban J connectivity index is 2.15. The summed E-state index contributed by atoms with van der Waals surface area (Å²) in [4.78, 5) is 11.7. The van der Waals surface area contributed by atoms with E-state index in [1.807, 2.05) is 6.92 Å². The Hall–Kier alpha value is -0.960. The second kappa shape index (κ2) is 4.52. The van der Waals surface area contributed by atoms with E-state index < -0.39 is 17.2 Å². The van der Waals surface area contributed by atoms with Gasteiger partial charge >= 0.3 is 0 Å². The van der Waals surface area contributed by atoms with Gasteiger partial charge < -0.3 is 5.11 Å². The Morgan fingerprint density at radius 3 is 2.62 bits per heavy atom. The summed E-state index contributed by atoms with van der Waals surface area (Å²) in [5, 5.41) is 10.6. The Kier molecular flexibility index (Phi) is 3.22. The first-order valence-corrected chi connectivity index (χ1v) is 8.04. The summed E-state index contributed by atoms with van der Waals surface area (Å²) in [6.07, 6.45) is 5.01. The molecule has 7 unspecified atom stereocenters. The Morgan fingerprint density at radius 1 is 1.29 bits per heavy atom. The molecular weight excluding hydrogens is 267 g/mol. The van der Waals surface area contributed by atoms with E-state index in [0.717, 1.165) is 5.57 Å². The van der Waals surface area contributed by atoms with Crippen molar-refractivity contribution >= 4 is 5.78 Å². The van der Waals surface area contributed by atoms with Crippen molar-refractivity contribution in [2.24, 2.45) is 29.1 Å². The number of alkyl halides is 1. The van der Waals surface area contributed by atoms with Gasteiger partial charge in [-0.1, -0.05) is 32.4 Å². The SMILES string of the molecule is CC1CC2C(C)C(C)CC(O)C2(F)C2(C)C=CC(=O)C=C12. The molecular formula is C18H25FO2. The van der Waals surface area contributed by atoms with Crippen molar-refractivity contribution in [3.63, 3.8) is 0 Å². The minimum absolute atomic E-state index is 0.0666. The zero-order valence-corrected chi connectivity index (χ0v) is 13.3. The molecule has 2 saturated carbocycles. The van der Waals surface area contributed by atoms with Crippen LogP contribution in [0.2, 0.25) is 0 Å². The van der Waals surface area contributed by atoms with Crippen molar-refractivity contribution in [1.82, 2.24) is 0 Å². The van der Waals surface area contributed by atoms with Gasteiger partial charge in [-0.2, -0.15) is 0 Å². The minimum atomic E-state index is -1.67. The fourth-order valence-electron chi connectivity index (χ4n) is 5.09. The van der Waals surface area contributed by atoms with Crippen molar-refractivity contribution in [3.8, 4) is 0 Å². The molecule has 3 aliphatic carbocycles. The van der Waals surface area contributed by atoms with E-state index in [1.165, 1.54) is 6.08 Å². The van der Waals surface area contributed by atoms with Crippen LogP contribution < -0.4 is 0 Å². The molecule has 0 spiro atoms. The molecule has 0 radical (unpaired) electrons. The molecule has 0 aromatic rings. The summed E-state index contributed by atoms with van der Waals surface area (Å²) in [5.74, 6) is 0.515. The molecule has 116 valence electrons. The van der Waals surface area contributed by atoms with Crippen LogP contribution in [0.3, 0.4) is 0 Å². The third-order valence-corrected chi connectivity index (χ3v) is 6.56. The van der Waals surface area contributed by atoms with Crippen molar-refractivity contribution in [2.75, 3.05) is 0 Å². The maximum atomic E-state index is 16.2. The standard InChI is InChI=1S/C18H25FO2/c1-10-8-16(21)18(19)15(12(10)3)7-11(2)14-9-13(20)5-6-17(14,18)4/h5-6,9-12,15-16,21H,7-8H2,1-4H3. The van der Waals surface area contributed by atoms with Gasteiger partial charge in [-0.3, -0.25) is 4.79 Å². The first-order chi connectivity index (χ1) is 9.71. The molecule has 0 aliphatic heterocycles. The highest BCUT2D eigenvalue weighted by Crippen LogP contribution is 2.63. The summed E-state index contributed by atoms with van der Waals surface area (Å²) in [7, 11) is 0. The van der Waals surface area contributed by atoms with Gasteiger partial charge in [-0.25, -0.2) is 4.39 Å². The van der Waals surface area contributed by atoms with Crippen LogP contribution in [0.15, 0.2) is 23.8 Å². The van der Waals surface area contributed by atoms with Crippen LogP contribution in [0.25, 0.3) is 0 Å². The van der Waals surface area contributed by atoms with Crippen molar-refractivity contribution in [3.05, 3.63) is 23.8 Å². The van der Waals surface area contributed by atoms with Gasteiger partial charge in [0, 0.05) is 11.3 Å². The van der Waals surface area contributed by atoms with E-state index >= 15 is 4.39 Å². The molecule has 21 heavy (non-hydrogen) atoms. The largest absolute Gasteiger partial charge is 0.390 e. The highest BCUT2D eigenvalue weighted by atomic mass is 19.1. The fourth-order valence-corrected chi connectivity index (χ4v) is 5.09. The van der Waals surface area contributed by atoms with Crippen LogP contribution in [0.4, 0.5) is 4.39 Å². The van der Waals surface area contributed by atoms with Crippen LogP contribution in [-0.2, 0) is 4.79 Å². The van der Waals surface area contributed by atoms with E-state index in [-0.39, 0.29) is 23.5 Å². The van der Waals surface area contributed by atoms with Crippen molar-refractivity contribution in [1.29, 1.82) is 0 Å². The zero-order valence-electron chi connectivity index (χ0n) is 13.3. The van der Waals surface area contributed by atoms with E-state index in [9.17, 15) is 9.90 Å². The van der Waals surface area contributed by atoms with Crippen LogP contribution in [0.1, 0.15) is 40.5 Å². The Labute approximate surface area is 126 Å². The Morgan fingerprint density at radius 2 is 1.95 bits per heavy atom. The molecule has 0 heterocycles. The third-order valence-electron chi connectivity index (χ3n) is 6.56. The highest BCUT2D eigenvalue weighted by molar-refractivity contribution is 6.01. The molecule has 2 nitrogen and oxygen atoms in total. The molecule has 0 bridgehead atoms. The average molecular weight is 292 g/mol. The van der Waals surface area contributed by atoms with E-state index in [0.29, 0.717) is 18.8 Å². The number of carbonyl (C=O) groups is 1. The van der Waals surface area contributed by atoms with Gasteiger partial charge in [-0.15, -0.1) is 0 Å². The van der Waals surface area contributed by atoms with Crippen LogP contribution in [0, 0.1) is 29.1 Å². The quantitative estimate of drug-likeness (QED) is 0.742. The van der Waals surface area contributed by atoms with E-state index in [2.05, 4.69) is 20.8 Å². The number of halogens is 1. The number of fused-ring (bicyclic) bond motifs is 3. The van der Waals surface area contributed by atoms with E-state index in [1.54, 1.807) is 12.2 Å². The summed E-state index contributed by atoms with van der Waals surface area (Å²) < 4.78 is 16.2. The van der Waals surface area contributed by atoms with Gasteiger partial charge in [0.25, 0.3) is 0 Å². The van der Waals surface area contributed by atoms with Crippen LogP contribution in [0.5, 0.6) is 0 Å². The predicted octanol–water partition coefficient (Wildman–Crippen LogP) is 3.46. The zero-order chi connectivity index (χ0) is 15.6. The lowest BCUT2D eigenvalue weighted by Gasteiger charge is -2.60. The second-order valence-electron chi connectivity index (χ2n) is 7.64. The van der Waals surface area contributed by atoms with Gasteiger partial charge in [0.15, 0.2) is 11.5 Å². The number of hydrogen-bond acceptors (Lipinski definition) is 2. The lowest BCUT2D eigenvalue weighted by atomic mass is 9.46. The van der Waals surface area contributed by atoms with Gasteiger partial charge in [0.05, 0.1) is 6.10 Å². The number of aliphatic hydroxyl groups is 1. The minimum Gasteiger partial charge on any atom is -0.390 e. The van der Waals surface area contributed by atoms with E-state index in [4.69, 9.17) is 0 Å². The number of ketones is 1. The fraction of sp³-hybridized carbons (Fsp3) is 0.722. The third kappa shape index (κ3) is 1.76. The molecule has 0 saturated heterocycles. The number of carbonyl (C=O) groups excluding carboxylic acids is 1. The van der Waals surface area contributed by atoms with Gasteiger partial charge in [-0.05, 0) is 49.7 Å². The molecule has 7 atom stereocenters. The van der Waals surface area contributed by atoms with Crippen molar-refractivity contribution < 1.29 is 14.3 Å². The van der Waals surface area contributed by atoms with Crippen molar-refractivity contribution in [2.45, 2.75) is 52.3 Å². The summed E-state index contributed by atoms with van der Waals surface area (Å²) in [5.41, 5.74) is -1.68. The molecule has 3 rings (SSSR count). The monoisotopic (exact) mass is 292 g/mol. The number of rotatable bonds is 0. The van der Waals surface area contributed by atoms with Crippen LogP contribution in [-0.4, -0.2) is 22.7 Å². The highest BCUT2D eigenvalue weighted by Gasteiger charge is 2.66. The molecule has 1 N–H and O–H groups in total. The number of hydrogen-bond donors (Lipinski definition) is 1. The molecule has 0 aromatic heterocycles. The van der Waals surface area contributed by atoms with Gasteiger partial charge in [0.1, 0.15) is 0 Å². The maximum Gasteiger partial charge on any atom is 0.178 e. The molecule has 0 amide bonds. The maximum absolute atomic E-state index is 16.2. The average Bonchev–Trinajstić information content (AvgIpc) is 2.42. The number of allylic oxidation sites excluding steroid dienone is 4. The topological polar surface area (TPSA) is 37.3 Å². The van der Waals surface area contributed by atoms with Crippen LogP contribution >= 0.6 is 0 Å². The lowest BCUT2D eigenvalue weighted by Crippen LogP contribution is -2.65. The predicted molar refractivity (Wildman–Crippen MR) is 80.4 cm³/mol.